The van der Waals surface area contributed by atoms with Crippen LogP contribution in [-0.4, -0.2) is 5.60 Å². The molecule has 4 atom stereocenters. The number of hydrogen-bond acceptors (Lipinski definition) is 2. The maximum Gasteiger partial charge on any atom is 0.123 e. The molecule has 3 aliphatic rings. The van der Waals surface area contributed by atoms with E-state index < -0.39 is 0 Å². The van der Waals surface area contributed by atoms with E-state index in [4.69, 9.17) is 9.47 Å². The topological polar surface area (TPSA) is 18.5 Å². The van der Waals surface area contributed by atoms with Crippen molar-refractivity contribution in [2.75, 3.05) is 0 Å². The monoisotopic (exact) mass is 404 g/mol. The molecule has 1 aliphatic heterocycles. The second kappa shape index (κ2) is 7.04. The molecule has 2 heteroatoms. The van der Waals surface area contributed by atoms with Gasteiger partial charge in [-0.3, -0.25) is 0 Å². The molecule has 2 aromatic carbocycles. The molecule has 0 aromatic heterocycles. The summed E-state index contributed by atoms with van der Waals surface area (Å²) < 4.78 is 12.9. The summed E-state index contributed by atoms with van der Waals surface area (Å²) in [6, 6.07) is 16.8. The lowest BCUT2D eigenvalue weighted by Crippen LogP contribution is -2.61. The van der Waals surface area contributed by atoms with Gasteiger partial charge in [0.1, 0.15) is 23.7 Å². The fourth-order valence-corrected chi connectivity index (χ4v) is 7.29. The average Bonchev–Trinajstić information content (AvgIpc) is 2.71. The highest BCUT2D eigenvalue weighted by atomic mass is 16.5. The van der Waals surface area contributed by atoms with Crippen molar-refractivity contribution < 1.29 is 9.47 Å². The fraction of sp³-hybridized carbons (Fsp3) is 0.571. The quantitative estimate of drug-likeness (QED) is 0.538. The van der Waals surface area contributed by atoms with E-state index in [9.17, 15) is 0 Å². The minimum atomic E-state index is -0.0436. The van der Waals surface area contributed by atoms with Crippen molar-refractivity contribution in [2.24, 2.45) is 22.7 Å². The first-order valence-electron chi connectivity index (χ1n) is 11.8. The van der Waals surface area contributed by atoms with Gasteiger partial charge in [-0.2, -0.15) is 0 Å². The van der Waals surface area contributed by atoms with E-state index in [1.807, 2.05) is 6.07 Å². The third-order valence-corrected chi connectivity index (χ3v) is 8.79. The molecular formula is C28H36O2. The maximum absolute atomic E-state index is 6.77. The van der Waals surface area contributed by atoms with Crippen LogP contribution in [0.4, 0.5) is 0 Å². The van der Waals surface area contributed by atoms with Crippen molar-refractivity contribution in [2.45, 2.75) is 78.4 Å². The van der Waals surface area contributed by atoms with Crippen LogP contribution in [0.15, 0.2) is 48.5 Å². The molecule has 2 nitrogen and oxygen atoms in total. The van der Waals surface area contributed by atoms with Gasteiger partial charge in [-0.25, -0.2) is 0 Å². The molecule has 0 spiro atoms. The van der Waals surface area contributed by atoms with Gasteiger partial charge in [0.15, 0.2) is 0 Å². The van der Waals surface area contributed by atoms with Crippen LogP contribution >= 0.6 is 0 Å². The van der Waals surface area contributed by atoms with Crippen molar-refractivity contribution in [3.05, 3.63) is 59.7 Å². The zero-order valence-electron chi connectivity index (χ0n) is 19.0. The molecule has 30 heavy (non-hydrogen) atoms. The second-order valence-corrected chi connectivity index (χ2v) is 11.2. The molecule has 0 N–H and O–H groups in total. The van der Waals surface area contributed by atoms with Gasteiger partial charge in [0, 0.05) is 5.92 Å². The van der Waals surface area contributed by atoms with E-state index >= 15 is 0 Å². The Morgan fingerprint density at radius 1 is 0.933 bits per heavy atom. The van der Waals surface area contributed by atoms with Crippen LogP contribution < -0.4 is 9.47 Å². The summed E-state index contributed by atoms with van der Waals surface area (Å²) in [6.07, 6.45) is 7.63. The molecule has 0 bridgehead atoms. The minimum Gasteiger partial charge on any atom is -0.489 e. The summed E-state index contributed by atoms with van der Waals surface area (Å²) in [6.45, 7) is 10.6. The van der Waals surface area contributed by atoms with Crippen LogP contribution in [0, 0.1) is 22.7 Å². The van der Waals surface area contributed by atoms with Gasteiger partial charge in [-0.1, -0.05) is 57.5 Å². The summed E-state index contributed by atoms with van der Waals surface area (Å²) in [5.74, 6) is 3.38. The van der Waals surface area contributed by atoms with Gasteiger partial charge in [-0.15, -0.1) is 0 Å². The Kier molecular flexibility index (Phi) is 4.69. The van der Waals surface area contributed by atoms with Crippen LogP contribution in [-0.2, 0) is 13.0 Å². The summed E-state index contributed by atoms with van der Waals surface area (Å²) in [7, 11) is 0. The second-order valence-electron chi connectivity index (χ2n) is 11.2. The zero-order chi connectivity index (χ0) is 21.0. The Labute approximate surface area is 182 Å². The molecule has 0 unspecified atom stereocenters. The average molecular weight is 405 g/mol. The highest BCUT2D eigenvalue weighted by Gasteiger charge is 2.60. The summed E-state index contributed by atoms with van der Waals surface area (Å²) >= 11 is 0. The number of ether oxygens (including phenoxy) is 2. The maximum atomic E-state index is 6.77. The molecule has 0 amide bonds. The molecule has 160 valence electrons. The number of fused-ring (bicyclic) bond motifs is 4. The number of rotatable bonds is 3. The van der Waals surface area contributed by atoms with Gasteiger partial charge < -0.3 is 9.47 Å². The molecule has 2 aliphatic carbocycles. The normalized spacial score (nSPS) is 34.1. The smallest absolute Gasteiger partial charge is 0.123 e. The van der Waals surface area contributed by atoms with Crippen molar-refractivity contribution in [1.82, 2.24) is 0 Å². The van der Waals surface area contributed by atoms with Gasteiger partial charge >= 0.3 is 0 Å². The molecule has 2 fully saturated rings. The van der Waals surface area contributed by atoms with Crippen molar-refractivity contribution in [3.8, 4) is 11.5 Å². The summed E-state index contributed by atoms with van der Waals surface area (Å²) in [5, 5.41) is 0. The third kappa shape index (κ3) is 3.24. The number of benzene rings is 2. The first kappa shape index (κ1) is 20.0. The first-order valence-corrected chi connectivity index (χ1v) is 11.8. The Morgan fingerprint density at radius 3 is 2.53 bits per heavy atom. The van der Waals surface area contributed by atoms with Gasteiger partial charge in [-0.05, 0) is 85.1 Å². The van der Waals surface area contributed by atoms with E-state index in [0.29, 0.717) is 23.4 Å². The zero-order valence-corrected chi connectivity index (χ0v) is 19.0. The fourth-order valence-electron chi connectivity index (χ4n) is 7.29. The lowest BCUT2D eigenvalue weighted by atomic mass is 9.44. The standard InChI is InChI=1S/C28H36O2/c1-26(2)14-8-15-27(3)24(26)13-16-28(4)25(27)18-21-17-22(11-12-23(21)30-28)29-19-20-9-6-5-7-10-20/h5-7,9-12,17,24-25H,8,13-16,18-19H2,1-4H3/t24-,25+,27-,28+/m1/s1. The predicted molar refractivity (Wildman–Crippen MR) is 122 cm³/mol. The Hall–Kier alpha value is -1.96. The van der Waals surface area contributed by atoms with Crippen LogP contribution in [0.1, 0.15) is 70.9 Å². The van der Waals surface area contributed by atoms with Crippen LogP contribution in [0.2, 0.25) is 0 Å². The van der Waals surface area contributed by atoms with E-state index in [2.05, 4.69) is 70.2 Å². The molecular weight excluding hydrogens is 368 g/mol. The van der Waals surface area contributed by atoms with Gasteiger partial charge in [0.2, 0.25) is 0 Å². The first-order chi connectivity index (χ1) is 14.3. The van der Waals surface area contributed by atoms with E-state index in [1.165, 1.54) is 43.2 Å². The molecule has 2 aromatic rings. The Morgan fingerprint density at radius 2 is 1.73 bits per heavy atom. The summed E-state index contributed by atoms with van der Waals surface area (Å²) in [4.78, 5) is 0. The molecule has 0 saturated heterocycles. The van der Waals surface area contributed by atoms with Crippen LogP contribution in [0.5, 0.6) is 11.5 Å². The predicted octanol–water partition coefficient (Wildman–Crippen LogP) is 7.20. The van der Waals surface area contributed by atoms with Gasteiger partial charge in [0.25, 0.3) is 0 Å². The molecule has 2 saturated carbocycles. The molecule has 1 heterocycles. The Bertz CT molecular complexity index is 917. The van der Waals surface area contributed by atoms with Crippen LogP contribution in [0.3, 0.4) is 0 Å². The van der Waals surface area contributed by atoms with Crippen molar-refractivity contribution in [1.29, 1.82) is 0 Å². The largest absolute Gasteiger partial charge is 0.489 e. The lowest BCUT2D eigenvalue weighted by molar-refractivity contribution is -0.162. The lowest BCUT2D eigenvalue weighted by Gasteiger charge is -2.63. The highest BCUT2D eigenvalue weighted by molar-refractivity contribution is 5.43. The minimum absolute atomic E-state index is 0.0436. The van der Waals surface area contributed by atoms with E-state index in [0.717, 1.165) is 23.8 Å². The van der Waals surface area contributed by atoms with Gasteiger partial charge in [0.05, 0.1) is 0 Å². The summed E-state index contributed by atoms with van der Waals surface area (Å²) in [5.41, 5.74) is 3.28. The third-order valence-electron chi connectivity index (χ3n) is 8.79. The highest BCUT2D eigenvalue weighted by Crippen LogP contribution is 2.64. The number of hydrogen-bond donors (Lipinski definition) is 0. The van der Waals surface area contributed by atoms with Crippen LogP contribution in [0.25, 0.3) is 0 Å². The Balaban J connectivity index is 1.41. The molecule has 5 rings (SSSR count). The van der Waals surface area contributed by atoms with E-state index in [-0.39, 0.29) is 5.60 Å². The van der Waals surface area contributed by atoms with Crippen molar-refractivity contribution in [3.63, 3.8) is 0 Å². The molecule has 0 radical (unpaired) electrons. The van der Waals surface area contributed by atoms with Crippen molar-refractivity contribution >= 4 is 0 Å². The van der Waals surface area contributed by atoms with E-state index in [1.54, 1.807) is 0 Å². The SMILES string of the molecule is CC1(C)CCC[C@]2(C)[C@@H]1CC[C@]1(C)Oc3ccc(OCc4ccccc4)cc3C[C@@H]21.